The molecule has 0 atom stereocenters. The van der Waals surface area contributed by atoms with Crippen LogP contribution in [0.25, 0.3) is 11.6 Å². The summed E-state index contributed by atoms with van der Waals surface area (Å²) in [5.41, 5.74) is 1.53. The van der Waals surface area contributed by atoms with Crippen LogP contribution in [-0.4, -0.2) is 56.4 Å². The summed E-state index contributed by atoms with van der Waals surface area (Å²) in [5, 5.41) is 9.69. The first-order valence-corrected chi connectivity index (χ1v) is 9.73. The molecule has 0 aromatic heterocycles. The summed E-state index contributed by atoms with van der Waals surface area (Å²) >= 11 is 0. The Hall–Kier alpha value is -2.99. The Morgan fingerprint density at radius 3 is 2.38 bits per heavy atom. The van der Waals surface area contributed by atoms with E-state index in [9.17, 15) is 9.90 Å². The van der Waals surface area contributed by atoms with Crippen molar-refractivity contribution in [2.75, 3.05) is 40.5 Å². The van der Waals surface area contributed by atoms with E-state index in [4.69, 9.17) is 14.2 Å². The lowest BCUT2D eigenvalue weighted by atomic mass is 10.0. The number of hydrogen-bond donors (Lipinski definition) is 1. The van der Waals surface area contributed by atoms with Gasteiger partial charge in [0.1, 0.15) is 12.4 Å². The van der Waals surface area contributed by atoms with Crippen LogP contribution < -0.4 is 14.2 Å². The Morgan fingerprint density at radius 1 is 1.03 bits per heavy atom. The lowest BCUT2D eigenvalue weighted by molar-refractivity contribution is -0.130. The average molecular weight is 397 g/mol. The van der Waals surface area contributed by atoms with Gasteiger partial charge in [0, 0.05) is 6.54 Å². The van der Waals surface area contributed by atoms with Crippen molar-refractivity contribution in [1.82, 2.24) is 4.90 Å². The maximum atomic E-state index is 11.8. The van der Waals surface area contributed by atoms with E-state index in [2.05, 4.69) is 4.90 Å². The molecule has 0 spiro atoms. The standard InChI is InChI=1S/C23H27NO5/c1-27-19-8-6-18(7-9-19)20(23(25)26)15-17-5-10-21(28-2)22(16-17)29-14-13-24-11-3-4-12-24/h5-10,15-16H,3-4,11-14H2,1-2H3,(H,25,26)/b20-15-. The molecule has 6 nitrogen and oxygen atoms in total. The molecule has 1 aliphatic rings. The van der Waals surface area contributed by atoms with Crippen molar-refractivity contribution in [3.8, 4) is 17.2 Å². The highest BCUT2D eigenvalue weighted by Crippen LogP contribution is 2.30. The second-order valence-electron chi connectivity index (χ2n) is 6.90. The van der Waals surface area contributed by atoms with Gasteiger partial charge in [-0.25, -0.2) is 4.79 Å². The van der Waals surface area contributed by atoms with Crippen LogP contribution in [0.4, 0.5) is 0 Å². The SMILES string of the molecule is COc1ccc(/C(=C/c2ccc(OC)c(OCCN3CCCC3)c2)C(=O)O)cc1. The summed E-state index contributed by atoms with van der Waals surface area (Å²) in [6.45, 7) is 3.67. The molecule has 1 heterocycles. The number of carboxylic acid groups (broad SMARTS) is 1. The third-order valence-electron chi connectivity index (χ3n) is 4.99. The van der Waals surface area contributed by atoms with Gasteiger partial charge in [0.15, 0.2) is 11.5 Å². The van der Waals surface area contributed by atoms with Gasteiger partial charge in [-0.3, -0.25) is 4.90 Å². The molecule has 0 radical (unpaired) electrons. The Labute approximate surface area is 171 Å². The van der Waals surface area contributed by atoms with Crippen LogP contribution in [-0.2, 0) is 4.79 Å². The largest absolute Gasteiger partial charge is 0.497 e. The molecule has 2 aromatic rings. The summed E-state index contributed by atoms with van der Waals surface area (Å²) in [6.07, 6.45) is 4.12. The average Bonchev–Trinajstić information content (AvgIpc) is 3.25. The van der Waals surface area contributed by atoms with Gasteiger partial charge in [-0.15, -0.1) is 0 Å². The van der Waals surface area contributed by atoms with Gasteiger partial charge in [0.25, 0.3) is 0 Å². The third-order valence-corrected chi connectivity index (χ3v) is 4.99. The van der Waals surface area contributed by atoms with Crippen molar-refractivity contribution in [1.29, 1.82) is 0 Å². The molecule has 154 valence electrons. The monoisotopic (exact) mass is 397 g/mol. The number of likely N-dealkylation sites (tertiary alicyclic amines) is 1. The molecule has 3 rings (SSSR count). The fourth-order valence-electron chi connectivity index (χ4n) is 3.39. The summed E-state index contributed by atoms with van der Waals surface area (Å²) < 4.78 is 16.5. The molecule has 0 amide bonds. The zero-order valence-electron chi connectivity index (χ0n) is 16.9. The maximum Gasteiger partial charge on any atom is 0.336 e. The zero-order valence-corrected chi connectivity index (χ0v) is 16.9. The first kappa shape index (κ1) is 20.7. The summed E-state index contributed by atoms with van der Waals surface area (Å²) in [6, 6.07) is 12.4. The van der Waals surface area contributed by atoms with Gasteiger partial charge in [0.05, 0.1) is 19.8 Å². The van der Waals surface area contributed by atoms with E-state index in [0.29, 0.717) is 29.4 Å². The summed E-state index contributed by atoms with van der Waals surface area (Å²) in [5.74, 6) is 0.920. The minimum atomic E-state index is -0.998. The number of rotatable bonds is 9. The minimum absolute atomic E-state index is 0.195. The van der Waals surface area contributed by atoms with Crippen LogP contribution in [0, 0.1) is 0 Å². The van der Waals surface area contributed by atoms with E-state index in [0.717, 1.165) is 25.2 Å². The van der Waals surface area contributed by atoms with E-state index in [1.54, 1.807) is 50.6 Å². The number of carbonyl (C=O) groups is 1. The molecule has 0 saturated carbocycles. The lowest BCUT2D eigenvalue weighted by Gasteiger charge is -2.16. The normalized spacial score (nSPS) is 14.6. The molecule has 1 N–H and O–H groups in total. The van der Waals surface area contributed by atoms with Crippen LogP contribution in [0.1, 0.15) is 24.0 Å². The van der Waals surface area contributed by atoms with Crippen LogP contribution in [0.15, 0.2) is 42.5 Å². The predicted octanol–water partition coefficient (Wildman–Crippen LogP) is 3.80. The molecule has 0 aliphatic carbocycles. The van der Waals surface area contributed by atoms with Crippen molar-refractivity contribution < 1.29 is 24.1 Å². The minimum Gasteiger partial charge on any atom is -0.497 e. The van der Waals surface area contributed by atoms with E-state index in [1.165, 1.54) is 12.8 Å². The zero-order chi connectivity index (χ0) is 20.6. The summed E-state index contributed by atoms with van der Waals surface area (Å²) in [7, 11) is 3.17. The number of hydrogen-bond acceptors (Lipinski definition) is 5. The lowest BCUT2D eigenvalue weighted by Crippen LogP contribution is -2.25. The first-order chi connectivity index (χ1) is 14.1. The molecular formula is C23H27NO5. The quantitative estimate of drug-likeness (QED) is 0.513. The van der Waals surface area contributed by atoms with Gasteiger partial charge < -0.3 is 19.3 Å². The highest BCUT2D eigenvalue weighted by molar-refractivity contribution is 6.20. The van der Waals surface area contributed by atoms with Gasteiger partial charge in [0.2, 0.25) is 0 Å². The Morgan fingerprint density at radius 2 is 1.76 bits per heavy atom. The second-order valence-corrected chi connectivity index (χ2v) is 6.90. The molecule has 1 fully saturated rings. The van der Waals surface area contributed by atoms with Crippen molar-refractivity contribution in [3.05, 3.63) is 53.6 Å². The Bertz CT molecular complexity index is 854. The molecular weight excluding hydrogens is 370 g/mol. The Balaban J connectivity index is 1.80. The number of carboxylic acids is 1. The number of methoxy groups -OCH3 is 2. The number of benzene rings is 2. The fraction of sp³-hybridized carbons (Fsp3) is 0.348. The number of aliphatic carboxylic acids is 1. The second kappa shape index (κ2) is 9.98. The van der Waals surface area contributed by atoms with Gasteiger partial charge >= 0.3 is 5.97 Å². The van der Waals surface area contributed by atoms with Crippen LogP contribution in [0.3, 0.4) is 0 Å². The van der Waals surface area contributed by atoms with Crippen LogP contribution >= 0.6 is 0 Å². The van der Waals surface area contributed by atoms with Crippen LogP contribution in [0.2, 0.25) is 0 Å². The van der Waals surface area contributed by atoms with Crippen molar-refractivity contribution in [2.24, 2.45) is 0 Å². The third kappa shape index (κ3) is 5.51. The maximum absolute atomic E-state index is 11.8. The molecule has 29 heavy (non-hydrogen) atoms. The smallest absolute Gasteiger partial charge is 0.336 e. The van der Waals surface area contributed by atoms with Crippen LogP contribution in [0.5, 0.6) is 17.2 Å². The van der Waals surface area contributed by atoms with Gasteiger partial charge in [-0.05, 0) is 67.4 Å². The highest BCUT2D eigenvalue weighted by atomic mass is 16.5. The van der Waals surface area contributed by atoms with E-state index < -0.39 is 5.97 Å². The molecule has 6 heteroatoms. The summed E-state index contributed by atoms with van der Waals surface area (Å²) in [4.78, 5) is 14.2. The molecule has 0 bridgehead atoms. The topological polar surface area (TPSA) is 68.2 Å². The molecule has 0 unspecified atom stereocenters. The van der Waals surface area contributed by atoms with Gasteiger partial charge in [-0.1, -0.05) is 18.2 Å². The van der Waals surface area contributed by atoms with Gasteiger partial charge in [-0.2, -0.15) is 0 Å². The van der Waals surface area contributed by atoms with Crippen molar-refractivity contribution in [2.45, 2.75) is 12.8 Å². The molecule has 1 saturated heterocycles. The fourth-order valence-corrected chi connectivity index (χ4v) is 3.39. The highest BCUT2D eigenvalue weighted by Gasteiger charge is 2.14. The molecule has 2 aromatic carbocycles. The van der Waals surface area contributed by atoms with E-state index in [1.807, 2.05) is 12.1 Å². The Kier molecular flexibility index (Phi) is 7.14. The number of ether oxygens (including phenoxy) is 3. The van der Waals surface area contributed by atoms with Crippen molar-refractivity contribution >= 4 is 17.6 Å². The number of nitrogens with zero attached hydrogens (tertiary/aromatic N) is 1. The van der Waals surface area contributed by atoms with E-state index >= 15 is 0 Å². The molecule has 1 aliphatic heterocycles. The van der Waals surface area contributed by atoms with Crippen molar-refractivity contribution in [3.63, 3.8) is 0 Å². The first-order valence-electron chi connectivity index (χ1n) is 9.73. The predicted molar refractivity (Wildman–Crippen MR) is 113 cm³/mol. The van der Waals surface area contributed by atoms with E-state index in [-0.39, 0.29) is 5.57 Å².